The topological polar surface area (TPSA) is 111 Å². The minimum atomic E-state index is -1.12. The second-order valence-electron chi connectivity index (χ2n) is 5.00. The van der Waals surface area contributed by atoms with Crippen molar-refractivity contribution in [3.63, 3.8) is 0 Å². The van der Waals surface area contributed by atoms with Gasteiger partial charge in [-0.25, -0.2) is 4.79 Å². The van der Waals surface area contributed by atoms with Gasteiger partial charge in [0.05, 0.1) is 6.54 Å². The second kappa shape index (κ2) is 8.36. The van der Waals surface area contributed by atoms with Crippen LogP contribution in [0.1, 0.15) is 12.8 Å². The molecule has 0 aliphatic carbocycles. The number of likely N-dealkylation sites (tertiary alicyclic amines) is 1. The van der Waals surface area contributed by atoms with Gasteiger partial charge in [-0.05, 0) is 32.4 Å². The van der Waals surface area contributed by atoms with E-state index >= 15 is 0 Å². The van der Waals surface area contributed by atoms with Crippen LogP contribution in [0.15, 0.2) is 0 Å². The maximum absolute atomic E-state index is 11.5. The van der Waals surface area contributed by atoms with Crippen molar-refractivity contribution in [1.29, 1.82) is 0 Å². The third kappa shape index (κ3) is 6.93. The molecule has 114 valence electrons. The average Bonchev–Trinajstić information content (AvgIpc) is 2.40. The van der Waals surface area contributed by atoms with Gasteiger partial charge in [0.1, 0.15) is 6.54 Å². The van der Waals surface area contributed by atoms with Crippen LogP contribution in [-0.2, 0) is 9.59 Å². The Morgan fingerprint density at radius 3 is 2.60 bits per heavy atom. The van der Waals surface area contributed by atoms with Crippen molar-refractivity contribution in [1.82, 2.24) is 20.9 Å². The Hall–Kier alpha value is -1.83. The lowest BCUT2D eigenvalue weighted by molar-refractivity contribution is -0.137. The van der Waals surface area contributed by atoms with Crippen molar-refractivity contribution in [2.24, 2.45) is 5.92 Å². The molecule has 0 saturated carbocycles. The number of carbonyl (C=O) groups is 3. The van der Waals surface area contributed by atoms with Gasteiger partial charge in [0, 0.05) is 13.1 Å². The number of urea groups is 1. The highest BCUT2D eigenvalue weighted by molar-refractivity contribution is 5.86. The van der Waals surface area contributed by atoms with Crippen molar-refractivity contribution in [3.05, 3.63) is 0 Å². The molecule has 4 N–H and O–H groups in total. The predicted octanol–water partition coefficient (Wildman–Crippen LogP) is -1.17. The Kier molecular flexibility index (Phi) is 6.78. The number of nitrogens with zero attached hydrogens (tertiary/aromatic N) is 1. The summed E-state index contributed by atoms with van der Waals surface area (Å²) < 4.78 is 0. The molecule has 8 heteroatoms. The fraction of sp³-hybridized carbons (Fsp3) is 0.750. The largest absolute Gasteiger partial charge is 0.480 e. The fourth-order valence-electron chi connectivity index (χ4n) is 2.14. The Balaban J connectivity index is 2.10. The Morgan fingerprint density at radius 2 is 1.95 bits per heavy atom. The molecule has 0 aromatic rings. The maximum Gasteiger partial charge on any atom is 0.322 e. The van der Waals surface area contributed by atoms with Gasteiger partial charge in [0.15, 0.2) is 0 Å². The molecule has 20 heavy (non-hydrogen) atoms. The van der Waals surface area contributed by atoms with Crippen molar-refractivity contribution in [3.8, 4) is 0 Å². The molecule has 0 bridgehead atoms. The molecule has 1 fully saturated rings. The number of carboxylic acids is 1. The number of carboxylic acid groups (broad SMARTS) is 1. The van der Waals surface area contributed by atoms with Crippen molar-refractivity contribution < 1.29 is 19.5 Å². The van der Waals surface area contributed by atoms with Crippen LogP contribution in [0, 0.1) is 5.92 Å². The summed E-state index contributed by atoms with van der Waals surface area (Å²) in [6.45, 7) is 1.94. The Labute approximate surface area is 117 Å². The molecule has 0 aromatic carbocycles. The first-order valence-corrected chi connectivity index (χ1v) is 6.66. The summed E-state index contributed by atoms with van der Waals surface area (Å²) in [5, 5.41) is 15.6. The molecule has 1 atom stereocenters. The van der Waals surface area contributed by atoms with Crippen molar-refractivity contribution in [2.45, 2.75) is 12.8 Å². The van der Waals surface area contributed by atoms with Gasteiger partial charge >= 0.3 is 12.0 Å². The summed E-state index contributed by atoms with van der Waals surface area (Å²) in [5.74, 6) is -1.22. The molecular formula is C12H22N4O4. The molecule has 0 aromatic heterocycles. The molecule has 8 nitrogen and oxygen atoms in total. The Morgan fingerprint density at radius 1 is 1.20 bits per heavy atom. The minimum Gasteiger partial charge on any atom is -0.480 e. The van der Waals surface area contributed by atoms with Crippen LogP contribution in [0.2, 0.25) is 0 Å². The van der Waals surface area contributed by atoms with E-state index in [4.69, 9.17) is 5.11 Å². The van der Waals surface area contributed by atoms with E-state index in [9.17, 15) is 14.4 Å². The minimum absolute atomic E-state index is 0.232. The van der Waals surface area contributed by atoms with E-state index in [1.54, 1.807) is 0 Å². The normalized spacial score (nSPS) is 19.1. The lowest BCUT2D eigenvalue weighted by Gasteiger charge is -2.29. The first kappa shape index (κ1) is 16.2. The third-order valence-corrected chi connectivity index (χ3v) is 3.12. The van der Waals surface area contributed by atoms with Crippen molar-refractivity contribution in [2.75, 3.05) is 39.8 Å². The fourth-order valence-corrected chi connectivity index (χ4v) is 2.14. The summed E-state index contributed by atoms with van der Waals surface area (Å²) in [6.07, 6.45) is 2.21. The van der Waals surface area contributed by atoms with Gasteiger partial charge in [0.2, 0.25) is 5.91 Å². The summed E-state index contributed by atoms with van der Waals surface area (Å²) >= 11 is 0. The zero-order chi connectivity index (χ0) is 15.0. The van der Waals surface area contributed by atoms with E-state index < -0.39 is 24.5 Å². The molecule has 1 heterocycles. The van der Waals surface area contributed by atoms with Crippen LogP contribution in [0.3, 0.4) is 0 Å². The Bertz CT molecular complexity index is 361. The van der Waals surface area contributed by atoms with Crippen LogP contribution >= 0.6 is 0 Å². The molecular weight excluding hydrogens is 264 g/mol. The molecule has 0 spiro atoms. The highest BCUT2D eigenvalue weighted by Crippen LogP contribution is 2.13. The number of aliphatic carboxylic acids is 1. The van der Waals surface area contributed by atoms with Gasteiger partial charge in [-0.3, -0.25) is 9.59 Å². The quantitative estimate of drug-likeness (QED) is 0.491. The summed E-state index contributed by atoms with van der Waals surface area (Å²) in [4.78, 5) is 35.1. The lowest BCUT2D eigenvalue weighted by Crippen LogP contribution is -2.45. The van der Waals surface area contributed by atoms with Gasteiger partial charge in [0.25, 0.3) is 0 Å². The third-order valence-electron chi connectivity index (χ3n) is 3.12. The molecule has 0 radical (unpaired) electrons. The van der Waals surface area contributed by atoms with E-state index in [1.807, 2.05) is 0 Å². The first-order chi connectivity index (χ1) is 9.47. The average molecular weight is 286 g/mol. The monoisotopic (exact) mass is 286 g/mol. The SMILES string of the molecule is CN1CCCC(CNC(=O)NCC(=O)NCC(=O)O)C1. The van der Waals surface area contributed by atoms with Gasteiger partial charge in [-0.2, -0.15) is 0 Å². The number of rotatable bonds is 6. The van der Waals surface area contributed by atoms with E-state index in [2.05, 4.69) is 27.9 Å². The molecule has 1 aliphatic rings. The van der Waals surface area contributed by atoms with E-state index in [0.29, 0.717) is 12.5 Å². The van der Waals surface area contributed by atoms with Gasteiger partial charge in [-0.1, -0.05) is 0 Å². The standard InChI is InChI=1S/C12H22N4O4/c1-16-4-2-3-9(8-16)5-14-12(20)15-6-10(17)13-7-11(18)19/h9H,2-8H2,1H3,(H,13,17)(H,18,19)(H2,14,15,20). The maximum atomic E-state index is 11.5. The number of hydrogen-bond acceptors (Lipinski definition) is 4. The smallest absolute Gasteiger partial charge is 0.322 e. The number of amides is 3. The van der Waals surface area contributed by atoms with E-state index in [-0.39, 0.29) is 6.54 Å². The summed E-state index contributed by atoms with van der Waals surface area (Å²) in [6, 6.07) is -0.413. The number of piperidine rings is 1. The number of hydrogen-bond donors (Lipinski definition) is 4. The van der Waals surface area contributed by atoms with E-state index in [1.165, 1.54) is 0 Å². The molecule has 1 rings (SSSR count). The van der Waals surface area contributed by atoms with Crippen LogP contribution in [0.4, 0.5) is 4.79 Å². The van der Waals surface area contributed by atoms with Gasteiger partial charge < -0.3 is 26.0 Å². The number of nitrogens with one attached hydrogen (secondary N) is 3. The molecule has 1 unspecified atom stereocenters. The van der Waals surface area contributed by atoms with E-state index in [0.717, 1.165) is 25.9 Å². The second-order valence-corrected chi connectivity index (χ2v) is 5.00. The number of carbonyl (C=O) groups excluding carboxylic acids is 2. The molecule has 3 amide bonds. The van der Waals surface area contributed by atoms with Gasteiger partial charge in [-0.15, -0.1) is 0 Å². The zero-order valence-electron chi connectivity index (χ0n) is 11.6. The zero-order valence-corrected chi connectivity index (χ0v) is 11.6. The molecule has 1 aliphatic heterocycles. The predicted molar refractivity (Wildman–Crippen MR) is 72.3 cm³/mol. The highest BCUT2D eigenvalue weighted by Gasteiger charge is 2.17. The van der Waals surface area contributed by atoms with Crippen LogP contribution in [-0.4, -0.2) is 67.7 Å². The molecule has 1 saturated heterocycles. The first-order valence-electron chi connectivity index (χ1n) is 6.66. The lowest BCUT2D eigenvalue weighted by atomic mass is 9.99. The summed E-state index contributed by atoms with van der Waals surface area (Å²) in [5.41, 5.74) is 0. The van der Waals surface area contributed by atoms with Crippen molar-refractivity contribution >= 4 is 17.9 Å². The summed E-state index contributed by atoms with van der Waals surface area (Å²) in [7, 11) is 2.05. The van der Waals surface area contributed by atoms with Crippen LogP contribution in [0.25, 0.3) is 0 Å². The van der Waals surface area contributed by atoms with Crippen LogP contribution in [0.5, 0.6) is 0 Å². The highest BCUT2D eigenvalue weighted by atomic mass is 16.4. The van der Waals surface area contributed by atoms with Crippen LogP contribution < -0.4 is 16.0 Å².